The fourth-order valence-corrected chi connectivity index (χ4v) is 4.55. The van der Waals surface area contributed by atoms with Crippen molar-refractivity contribution < 1.29 is 18.7 Å². The number of ether oxygens (including phenoxy) is 2. The minimum atomic E-state index is -0.384. The van der Waals surface area contributed by atoms with Gasteiger partial charge in [0.2, 0.25) is 11.8 Å². The van der Waals surface area contributed by atoms with Crippen LogP contribution >= 0.6 is 11.3 Å². The quantitative estimate of drug-likeness (QED) is 0.672. The number of thiazole rings is 1. The van der Waals surface area contributed by atoms with E-state index in [0.29, 0.717) is 28.5 Å². The molecule has 31 heavy (non-hydrogen) atoms. The van der Waals surface area contributed by atoms with Crippen molar-refractivity contribution >= 4 is 28.4 Å². The average molecular weight is 452 g/mol. The van der Waals surface area contributed by atoms with Crippen LogP contribution in [0.5, 0.6) is 5.88 Å². The summed E-state index contributed by atoms with van der Waals surface area (Å²) in [5, 5.41) is 3.51. The number of pyridine rings is 1. The minimum absolute atomic E-state index is 0.0437. The lowest BCUT2D eigenvalue weighted by Gasteiger charge is -2.29. The Morgan fingerprint density at radius 3 is 2.84 bits per heavy atom. The van der Waals surface area contributed by atoms with Crippen LogP contribution in [0.25, 0.3) is 0 Å². The highest BCUT2D eigenvalue weighted by Gasteiger charge is 2.32. The molecular formula is C21H30FN5O3S. The molecule has 0 aromatic carbocycles. The van der Waals surface area contributed by atoms with Crippen molar-refractivity contribution in [1.82, 2.24) is 14.9 Å². The third-order valence-corrected chi connectivity index (χ3v) is 6.29. The van der Waals surface area contributed by atoms with E-state index in [-0.39, 0.29) is 12.1 Å². The van der Waals surface area contributed by atoms with Gasteiger partial charge in [-0.1, -0.05) is 11.3 Å². The predicted octanol–water partition coefficient (Wildman–Crippen LogP) is 2.80. The lowest BCUT2D eigenvalue weighted by molar-refractivity contribution is -0.106. The summed E-state index contributed by atoms with van der Waals surface area (Å²) < 4.78 is 25.6. The van der Waals surface area contributed by atoms with Gasteiger partial charge in [0.1, 0.15) is 12.4 Å². The van der Waals surface area contributed by atoms with Crippen LogP contribution in [0.15, 0.2) is 18.3 Å². The van der Waals surface area contributed by atoms with Gasteiger partial charge in [0.15, 0.2) is 5.13 Å². The number of hydrogen-bond acceptors (Lipinski definition) is 9. The van der Waals surface area contributed by atoms with Crippen LogP contribution in [0.4, 0.5) is 15.2 Å². The first-order chi connectivity index (χ1) is 15.0. The molecule has 0 saturated carbocycles. The molecule has 4 heterocycles. The number of aldehydes is 1. The van der Waals surface area contributed by atoms with Crippen LogP contribution in [-0.2, 0) is 16.1 Å². The molecule has 170 valence electrons. The number of halogens is 1. The van der Waals surface area contributed by atoms with Crippen molar-refractivity contribution in [2.24, 2.45) is 0 Å². The van der Waals surface area contributed by atoms with E-state index < -0.39 is 0 Å². The van der Waals surface area contributed by atoms with Gasteiger partial charge in [-0.05, 0) is 19.9 Å². The highest BCUT2D eigenvalue weighted by Crippen LogP contribution is 2.29. The van der Waals surface area contributed by atoms with E-state index in [4.69, 9.17) is 14.3 Å². The Bertz CT molecular complexity index is 846. The van der Waals surface area contributed by atoms with Gasteiger partial charge in [-0.25, -0.2) is 4.98 Å². The van der Waals surface area contributed by atoms with Crippen molar-refractivity contribution in [3.05, 3.63) is 29.2 Å². The summed E-state index contributed by atoms with van der Waals surface area (Å²) in [7, 11) is 1.75. The second-order valence-corrected chi connectivity index (χ2v) is 8.51. The van der Waals surface area contributed by atoms with Crippen LogP contribution < -0.4 is 15.0 Å². The predicted molar refractivity (Wildman–Crippen MR) is 120 cm³/mol. The zero-order valence-electron chi connectivity index (χ0n) is 18.2. The summed E-state index contributed by atoms with van der Waals surface area (Å²) in [5.41, 5.74) is 1.11. The number of aromatic nitrogens is 2. The van der Waals surface area contributed by atoms with Gasteiger partial charge in [0.05, 0.1) is 18.1 Å². The number of anilines is 2. The standard InChI is InChI=1S/C19H26FN5O2S.C2H4O/c1-13-9-15(11-25(13)12-16-18(20)23-19(21-2)28-16)27-17-10-14(3-4-22-17)24-5-7-26-8-6-24;1-2-3/h3-4,10,13,15H,5-9,11-12H2,1-2H3,(H,21,23);2H,1H3. The van der Waals surface area contributed by atoms with Crippen molar-refractivity contribution in [3.8, 4) is 5.88 Å². The highest BCUT2D eigenvalue weighted by molar-refractivity contribution is 7.15. The summed E-state index contributed by atoms with van der Waals surface area (Å²) in [6.07, 6.45) is 3.48. The van der Waals surface area contributed by atoms with E-state index in [9.17, 15) is 4.39 Å². The van der Waals surface area contributed by atoms with Gasteiger partial charge in [0.25, 0.3) is 0 Å². The van der Waals surface area contributed by atoms with Crippen LogP contribution in [0.1, 0.15) is 25.1 Å². The molecule has 10 heteroatoms. The fraction of sp³-hybridized carbons (Fsp3) is 0.571. The second-order valence-electron chi connectivity index (χ2n) is 7.42. The number of carbonyl (C=O) groups excluding carboxylic acids is 1. The first kappa shape index (κ1) is 23.4. The van der Waals surface area contributed by atoms with Gasteiger partial charge in [0, 0.05) is 63.6 Å². The van der Waals surface area contributed by atoms with Crippen LogP contribution in [0, 0.1) is 5.95 Å². The summed E-state index contributed by atoms with van der Waals surface area (Å²) in [6.45, 7) is 8.15. The highest BCUT2D eigenvalue weighted by atomic mass is 32.1. The van der Waals surface area contributed by atoms with Crippen LogP contribution in [-0.4, -0.2) is 73.2 Å². The molecule has 1 N–H and O–H groups in total. The monoisotopic (exact) mass is 451 g/mol. The Morgan fingerprint density at radius 1 is 1.42 bits per heavy atom. The maximum Gasteiger partial charge on any atom is 0.230 e. The zero-order valence-corrected chi connectivity index (χ0v) is 19.0. The van der Waals surface area contributed by atoms with E-state index in [2.05, 4.69) is 32.0 Å². The lowest BCUT2D eigenvalue weighted by atomic mass is 10.2. The Balaban J connectivity index is 0.000000858. The largest absolute Gasteiger partial charge is 0.473 e. The Kier molecular flexibility index (Phi) is 8.56. The zero-order chi connectivity index (χ0) is 22.2. The van der Waals surface area contributed by atoms with Gasteiger partial charge < -0.3 is 24.5 Å². The molecule has 2 fully saturated rings. The molecule has 2 aliphatic heterocycles. The molecule has 0 bridgehead atoms. The molecule has 0 aliphatic carbocycles. The van der Waals surface area contributed by atoms with Gasteiger partial charge in [-0.2, -0.15) is 9.37 Å². The van der Waals surface area contributed by atoms with Gasteiger partial charge in [-0.15, -0.1) is 0 Å². The average Bonchev–Trinajstić information content (AvgIpc) is 3.31. The fourth-order valence-electron chi connectivity index (χ4n) is 3.73. The third kappa shape index (κ3) is 6.34. The van der Waals surface area contributed by atoms with Gasteiger partial charge in [-0.3, -0.25) is 4.90 Å². The van der Waals surface area contributed by atoms with E-state index >= 15 is 0 Å². The van der Waals surface area contributed by atoms with E-state index in [1.54, 1.807) is 13.2 Å². The van der Waals surface area contributed by atoms with Crippen LogP contribution in [0.3, 0.4) is 0 Å². The Morgan fingerprint density at radius 2 is 2.16 bits per heavy atom. The first-order valence-electron chi connectivity index (χ1n) is 10.5. The van der Waals surface area contributed by atoms with Crippen LogP contribution in [0.2, 0.25) is 0 Å². The lowest BCUT2D eigenvalue weighted by Crippen LogP contribution is -2.36. The molecule has 8 nitrogen and oxygen atoms in total. The van der Waals surface area contributed by atoms with Crippen molar-refractivity contribution in [1.29, 1.82) is 0 Å². The number of rotatable bonds is 6. The third-order valence-electron chi connectivity index (χ3n) is 5.26. The maximum absolute atomic E-state index is 14.0. The molecule has 2 atom stereocenters. The summed E-state index contributed by atoms with van der Waals surface area (Å²) in [6, 6.07) is 4.32. The number of morpholine rings is 1. The topological polar surface area (TPSA) is 79.8 Å². The molecule has 2 aromatic rings. The smallest absolute Gasteiger partial charge is 0.230 e. The second kappa shape index (κ2) is 11.4. The first-order valence-corrected chi connectivity index (χ1v) is 11.3. The normalized spacial score (nSPS) is 21.4. The summed E-state index contributed by atoms with van der Waals surface area (Å²) in [4.78, 5) is 22.3. The SMILES string of the molecule is CC=O.CNc1nc(F)c(CN2CC(Oc3cc(N4CCOCC4)ccn3)CC2C)s1. The number of nitrogens with one attached hydrogen (secondary N) is 1. The Hall–Kier alpha value is -2.30. The molecular weight excluding hydrogens is 421 g/mol. The number of nitrogens with zero attached hydrogens (tertiary/aromatic N) is 4. The van der Waals surface area contributed by atoms with Crippen molar-refractivity contribution in [3.63, 3.8) is 0 Å². The molecule has 2 aromatic heterocycles. The summed E-state index contributed by atoms with van der Waals surface area (Å²) in [5.74, 6) is 0.260. The number of hydrogen-bond donors (Lipinski definition) is 1. The molecule has 0 radical (unpaired) electrons. The van der Waals surface area contributed by atoms with E-state index in [0.717, 1.165) is 51.2 Å². The summed E-state index contributed by atoms with van der Waals surface area (Å²) >= 11 is 1.36. The molecule has 0 amide bonds. The molecule has 4 rings (SSSR count). The molecule has 2 unspecified atom stereocenters. The molecule has 2 aliphatic rings. The van der Waals surface area contributed by atoms with Gasteiger partial charge >= 0.3 is 0 Å². The number of likely N-dealkylation sites (tertiary alicyclic amines) is 1. The maximum atomic E-state index is 14.0. The minimum Gasteiger partial charge on any atom is -0.473 e. The van der Waals surface area contributed by atoms with Crippen molar-refractivity contribution in [2.75, 3.05) is 50.1 Å². The Labute approximate surface area is 186 Å². The van der Waals surface area contributed by atoms with E-state index in [1.807, 2.05) is 12.1 Å². The van der Waals surface area contributed by atoms with Crippen molar-refractivity contribution in [2.45, 2.75) is 39.0 Å². The molecule has 0 spiro atoms. The van der Waals surface area contributed by atoms with E-state index in [1.165, 1.54) is 18.3 Å². The molecule has 2 saturated heterocycles. The number of carbonyl (C=O) groups is 1.